The Morgan fingerprint density at radius 2 is 2.04 bits per heavy atom. The molecular formula is C18H19N3O3. The number of aromatic nitrogens is 2. The van der Waals surface area contributed by atoms with Crippen molar-refractivity contribution in [2.24, 2.45) is 7.05 Å². The van der Waals surface area contributed by atoms with Gasteiger partial charge in [0.15, 0.2) is 5.58 Å². The summed E-state index contributed by atoms with van der Waals surface area (Å²) in [5.41, 5.74) is 2.25. The van der Waals surface area contributed by atoms with Gasteiger partial charge in [0.2, 0.25) is 5.91 Å². The highest BCUT2D eigenvalue weighted by atomic mass is 16.4. The molecule has 1 aliphatic carbocycles. The van der Waals surface area contributed by atoms with E-state index in [0.29, 0.717) is 17.6 Å². The monoisotopic (exact) mass is 325 g/mol. The topological polar surface area (TPSA) is 60.4 Å². The first-order valence-corrected chi connectivity index (χ1v) is 8.11. The molecular weight excluding hydrogens is 306 g/mol. The summed E-state index contributed by atoms with van der Waals surface area (Å²) >= 11 is 0. The number of para-hydroxylation sites is 2. The highest BCUT2D eigenvalue weighted by molar-refractivity contribution is 5.80. The van der Waals surface area contributed by atoms with Crippen LogP contribution in [0.4, 0.5) is 0 Å². The van der Waals surface area contributed by atoms with Crippen LogP contribution in [0.5, 0.6) is 0 Å². The van der Waals surface area contributed by atoms with Crippen molar-refractivity contribution < 1.29 is 9.21 Å². The molecule has 1 aromatic carbocycles. The van der Waals surface area contributed by atoms with E-state index >= 15 is 0 Å². The van der Waals surface area contributed by atoms with E-state index < -0.39 is 5.76 Å². The molecule has 2 aromatic heterocycles. The second kappa shape index (κ2) is 5.70. The maximum absolute atomic E-state index is 12.8. The third-order valence-electron chi connectivity index (χ3n) is 4.56. The SMILES string of the molecule is Cn1cccc1CN(C(=O)Cn1c(=O)oc2ccccc21)C1CC1. The molecule has 1 amide bonds. The molecule has 1 fully saturated rings. The zero-order chi connectivity index (χ0) is 16.7. The summed E-state index contributed by atoms with van der Waals surface area (Å²) in [6.07, 6.45) is 4.02. The second-order valence-electron chi connectivity index (χ2n) is 6.29. The molecule has 0 atom stereocenters. The molecule has 2 heterocycles. The Morgan fingerprint density at radius 3 is 2.75 bits per heavy atom. The molecule has 0 unspecified atom stereocenters. The van der Waals surface area contributed by atoms with E-state index in [-0.39, 0.29) is 18.5 Å². The quantitative estimate of drug-likeness (QED) is 0.722. The zero-order valence-electron chi connectivity index (χ0n) is 13.5. The van der Waals surface area contributed by atoms with E-state index in [1.54, 1.807) is 12.1 Å². The first-order chi connectivity index (χ1) is 11.6. The van der Waals surface area contributed by atoms with Gasteiger partial charge < -0.3 is 13.9 Å². The van der Waals surface area contributed by atoms with Crippen molar-refractivity contribution in [3.05, 3.63) is 58.8 Å². The molecule has 24 heavy (non-hydrogen) atoms. The number of rotatable bonds is 5. The molecule has 1 aliphatic rings. The average molecular weight is 325 g/mol. The lowest BCUT2D eigenvalue weighted by atomic mass is 10.3. The Labute approximate surface area is 138 Å². The van der Waals surface area contributed by atoms with E-state index in [0.717, 1.165) is 18.5 Å². The summed E-state index contributed by atoms with van der Waals surface area (Å²) < 4.78 is 8.64. The maximum atomic E-state index is 12.8. The third kappa shape index (κ3) is 2.64. The molecule has 3 aromatic rings. The summed E-state index contributed by atoms with van der Waals surface area (Å²) in [4.78, 5) is 26.8. The lowest BCUT2D eigenvalue weighted by molar-refractivity contribution is -0.133. The summed E-state index contributed by atoms with van der Waals surface area (Å²) in [5.74, 6) is -0.536. The molecule has 0 spiro atoms. The van der Waals surface area contributed by atoms with Gasteiger partial charge in [-0.15, -0.1) is 0 Å². The summed E-state index contributed by atoms with van der Waals surface area (Å²) in [6.45, 7) is 0.578. The molecule has 0 N–H and O–H groups in total. The van der Waals surface area contributed by atoms with Gasteiger partial charge in [-0.25, -0.2) is 4.79 Å². The molecule has 6 heteroatoms. The second-order valence-corrected chi connectivity index (χ2v) is 6.29. The van der Waals surface area contributed by atoms with Gasteiger partial charge in [0.05, 0.1) is 12.1 Å². The molecule has 0 radical (unpaired) electrons. The molecule has 0 aliphatic heterocycles. The third-order valence-corrected chi connectivity index (χ3v) is 4.56. The van der Waals surface area contributed by atoms with Crippen LogP contribution in [-0.4, -0.2) is 26.0 Å². The predicted octanol–water partition coefficient (Wildman–Crippen LogP) is 2.12. The highest BCUT2D eigenvalue weighted by Crippen LogP contribution is 2.29. The Morgan fingerprint density at radius 1 is 1.25 bits per heavy atom. The van der Waals surface area contributed by atoms with Crippen molar-refractivity contribution in [3.8, 4) is 0 Å². The number of carbonyl (C=O) groups excluding carboxylic acids is 1. The van der Waals surface area contributed by atoms with Crippen molar-refractivity contribution in [1.82, 2.24) is 14.0 Å². The highest BCUT2D eigenvalue weighted by Gasteiger charge is 2.33. The largest absolute Gasteiger partial charge is 0.420 e. The van der Waals surface area contributed by atoms with Gasteiger partial charge in [-0.1, -0.05) is 12.1 Å². The normalized spacial score (nSPS) is 14.2. The smallest absolute Gasteiger partial charge is 0.408 e. The van der Waals surface area contributed by atoms with E-state index in [1.807, 2.05) is 47.0 Å². The minimum atomic E-state index is -0.487. The minimum absolute atomic E-state index is 0.0107. The molecule has 0 saturated heterocycles. The van der Waals surface area contributed by atoms with Crippen molar-refractivity contribution >= 4 is 17.0 Å². The average Bonchev–Trinajstić information content (AvgIpc) is 3.26. The maximum Gasteiger partial charge on any atom is 0.420 e. The fourth-order valence-corrected chi connectivity index (χ4v) is 3.03. The van der Waals surface area contributed by atoms with Gasteiger partial charge in [-0.05, 0) is 37.1 Å². The van der Waals surface area contributed by atoms with Crippen molar-refractivity contribution in [1.29, 1.82) is 0 Å². The van der Waals surface area contributed by atoms with Crippen molar-refractivity contribution in [2.45, 2.75) is 32.0 Å². The van der Waals surface area contributed by atoms with Crippen molar-refractivity contribution in [3.63, 3.8) is 0 Å². The summed E-state index contributed by atoms with van der Waals surface area (Å²) in [6, 6.07) is 11.4. The Bertz CT molecular complexity index is 946. The van der Waals surface area contributed by atoms with E-state index in [2.05, 4.69) is 0 Å². The van der Waals surface area contributed by atoms with E-state index in [9.17, 15) is 9.59 Å². The van der Waals surface area contributed by atoms with Gasteiger partial charge in [0, 0.05) is 25.0 Å². The number of nitrogens with zero attached hydrogens (tertiary/aromatic N) is 3. The van der Waals surface area contributed by atoms with Crippen LogP contribution in [-0.2, 0) is 24.9 Å². The first kappa shape index (κ1) is 14.8. The zero-order valence-corrected chi connectivity index (χ0v) is 13.5. The summed E-state index contributed by atoms with van der Waals surface area (Å²) in [5, 5.41) is 0. The van der Waals surface area contributed by atoms with Gasteiger partial charge in [-0.3, -0.25) is 9.36 Å². The van der Waals surface area contributed by atoms with Crippen LogP contribution in [0.2, 0.25) is 0 Å². The Kier molecular flexibility index (Phi) is 3.52. The minimum Gasteiger partial charge on any atom is -0.408 e. The van der Waals surface area contributed by atoms with Crippen LogP contribution in [0.15, 0.2) is 51.8 Å². The number of fused-ring (bicyclic) bond motifs is 1. The first-order valence-electron chi connectivity index (χ1n) is 8.11. The number of hydrogen-bond donors (Lipinski definition) is 0. The molecule has 0 bridgehead atoms. The number of oxazole rings is 1. The number of aryl methyl sites for hydroxylation is 1. The van der Waals surface area contributed by atoms with Gasteiger partial charge >= 0.3 is 5.76 Å². The fourth-order valence-electron chi connectivity index (χ4n) is 3.03. The van der Waals surface area contributed by atoms with Crippen LogP contribution < -0.4 is 5.76 Å². The number of carbonyl (C=O) groups is 1. The molecule has 1 saturated carbocycles. The fraction of sp³-hybridized carbons (Fsp3) is 0.333. The van der Waals surface area contributed by atoms with E-state index in [4.69, 9.17) is 4.42 Å². The van der Waals surface area contributed by atoms with Gasteiger partial charge in [-0.2, -0.15) is 0 Å². The molecule has 124 valence electrons. The lowest BCUT2D eigenvalue weighted by Gasteiger charge is -2.23. The van der Waals surface area contributed by atoms with E-state index in [1.165, 1.54) is 4.57 Å². The van der Waals surface area contributed by atoms with Gasteiger partial charge in [0.1, 0.15) is 6.54 Å². The number of amides is 1. The molecule has 4 rings (SSSR count). The van der Waals surface area contributed by atoms with Crippen LogP contribution in [0.3, 0.4) is 0 Å². The summed E-state index contributed by atoms with van der Waals surface area (Å²) in [7, 11) is 1.97. The Balaban J connectivity index is 1.60. The standard InChI is InChI=1S/C18H19N3O3/c1-19-10-4-5-14(19)11-20(13-8-9-13)17(22)12-21-15-6-2-3-7-16(15)24-18(21)23/h2-7,10,13H,8-9,11-12H2,1H3. The van der Waals surface area contributed by atoms with Crippen molar-refractivity contribution in [2.75, 3.05) is 0 Å². The lowest BCUT2D eigenvalue weighted by Crippen LogP contribution is -2.37. The predicted molar refractivity (Wildman–Crippen MR) is 89.5 cm³/mol. The van der Waals surface area contributed by atoms with Gasteiger partial charge in [0.25, 0.3) is 0 Å². The Hall–Kier alpha value is -2.76. The number of hydrogen-bond acceptors (Lipinski definition) is 3. The van der Waals surface area contributed by atoms with Crippen LogP contribution >= 0.6 is 0 Å². The van der Waals surface area contributed by atoms with Crippen LogP contribution in [0.1, 0.15) is 18.5 Å². The van der Waals surface area contributed by atoms with Crippen LogP contribution in [0, 0.1) is 0 Å². The molecule has 6 nitrogen and oxygen atoms in total. The van der Waals surface area contributed by atoms with Crippen LogP contribution in [0.25, 0.3) is 11.1 Å². The number of benzene rings is 1.